The molecule has 0 radical (unpaired) electrons. The second kappa shape index (κ2) is 5.59. The number of hydrogen-bond donors (Lipinski definition) is 1. The predicted octanol–water partition coefficient (Wildman–Crippen LogP) is 1.48. The number of nitrogens with zero attached hydrogens (tertiary/aromatic N) is 1. The Morgan fingerprint density at radius 1 is 1.42 bits per heavy atom. The molecule has 0 saturated carbocycles. The van der Waals surface area contributed by atoms with Crippen molar-refractivity contribution in [2.24, 2.45) is 5.73 Å². The van der Waals surface area contributed by atoms with Gasteiger partial charge in [-0.15, -0.1) is 12.4 Å². The maximum absolute atomic E-state index is 8.55. The zero-order chi connectivity index (χ0) is 8.10. The Morgan fingerprint density at radius 3 is 2.75 bits per heavy atom. The van der Waals surface area contributed by atoms with Gasteiger partial charge in [0.25, 0.3) is 0 Å². The second-order valence-electron chi connectivity index (χ2n) is 2.35. The first kappa shape index (κ1) is 11.0. The minimum absolute atomic E-state index is 0. The van der Waals surface area contributed by atoms with E-state index in [1.165, 1.54) is 0 Å². The van der Waals surface area contributed by atoms with Crippen molar-refractivity contribution in [3.05, 3.63) is 35.4 Å². The lowest BCUT2D eigenvalue weighted by Gasteiger charge is -1.96. The lowest BCUT2D eigenvalue weighted by atomic mass is 10.1. The number of benzene rings is 1. The Morgan fingerprint density at radius 2 is 2.17 bits per heavy atom. The summed E-state index contributed by atoms with van der Waals surface area (Å²) >= 11 is 0. The van der Waals surface area contributed by atoms with Crippen molar-refractivity contribution >= 4 is 12.4 Å². The van der Waals surface area contributed by atoms with Gasteiger partial charge in [-0.05, 0) is 30.7 Å². The van der Waals surface area contributed by atoms with Gasteiger partial charge in [-0.1, -0.05) is 12.1 Å². The summed E-state index contributed by atoms with van der Waals surface area (Å²) in [7, 11) is 0. The van der Waals surface area contributed by atoms with Gasteiger partial charge in [-0.2, -0.15) is 5.26 Å². The van der Waals surface area contributed by atoms with Crippen LogP contribution in [-0.4, -0.2) is 6.54 Å². The van der Waals surface area contributed by atoms with Crippen LogP contribution in [0.2, 0.25) is 0 Å². The van der Waals surface area contributed by atoms with E-state index in [4.69, 9.17) is 11.0 Å². The van der Waals surface area contributed by atoms with Crippen molar-refractivity contribution in [2.75, 3.05) is 6.54 Å². The van der Waals surface area contributed by atoms with Gasteiger partial charge in [0.2, 0.25) is 0 Å². The van der Waals surface area contributed by atoms with E-state index in [9.17, 15) is 0 Å². The van der Waals surface area contributed by atoms with Gasteiger partial charge < -0.3 is 5.73 Å². The SMILES string of the molecule is Cl.N#Cc1cccc(CCN)c1. The molecule has 0 aromatic heterocycles. The van der Waals surface area contributed by atoms with Gasteiger partial charge in [0.1, 0.15) is 0 Å². The van der Waals surface area contributed by atoms with Crippen LogP contribution in [0.25, 0.3) is 0 Å². The molecule has 0 aliphatic carbocycles. The molecule has 1 aromatic carbocycles. The Labute approximate surface area is 78.4 Å². The zero-order valence-electron chi connectivity index (χ0n) is 6.66. The third-order valence-electron chi connectivity index (χ3n) is 1.49. The van der Waals surface area contributed by atoms with Crippen LogP contribution in [0.3, 0.4) is 0 Å². The Bertz CT molecular complexity index is 278. The highest BCUT2D eigenvalue weighted by Crippen LogP contribution is 2.03. The van der Waals surface area contributed by atoms with Crippen molar-refractivity contribution in [1.82, 2.24) is 0 Å². The maximum Gasteiger partial charge on any atom is 0.0991 e. The lowest BCUT2D eigenvalue weighted by Crippen LogP contribution is -2.02. The number of nitrogens with two attached hydrogens (primary N) is 1. The average molecular weight is 183 g/mol. The summed E-state index contributed by atoms with van der Waals surface area (Å²) in [5, 5.41) is 8.55. The smallest absolute Gasteiger partial charge is 0.0991 e. The largest absolute Gasteiger partial charge is 0.330 e. The van der Waals surface area contributed by atoms with E-state index >= 15 is 0 Å². The highest BCUT2D eigenvalue weighted by molar-refractivity contribution is 5.85. The fourth-order valence-corrected chi connectivity index (χ4v) is 0.963. The van der Waals surface area contributed by atoms with Gasteiger partial charge >= 0.3 is 0 Å². The molecule has 1 rings (SSSR count). The van der Waals surface area contributed by atoms with Crippen LogP contribution in [0.1, 0.15) is 11.1 Å². The topological polar surface area (TPSA) is 49.8 Å². The quantitative estimate of drug-likeness (QED) is 0.754. The minimum atomic E-state index is 0. The van der Waals surface area contributed by atoms with Crippen molar-refractivity contribution < 1.29 is 0 Å². The van der Waals surface area contributed by atoms with Crippen LogP contribution in [0, 0.1) is 11.3 Å². The average Bonchev–Trinajstić information content (AvgIpc) is 2.06. The van der Waals surface area contributed by atoms with E-state index in [2.05, 4.69) is 6.07 Å². The van der Waals surface area contributed by atoms with E-state index in [1.54, 1.807) is 6.07 Å². The molecule has 2 N–H and O–H groups in total. The summed E-state index contributed by atoms with van der Waals surface area (Å²) in [6.45, 7) is 0.634. The molecule has 12 heavy (non-hydrogen) atoms. The summed E-state index contributed by atoms with van der Waals surface area (Å²) in [6, 6.07) is 9.60. The first-order valence-electron chi connectivity index (χ1n) is 3.56. The standard InChI is InChI=1S/C9H10N2.ClH/c10-5-4-8-2-1-3-9(6-8)7-11;/h1-3,6H,4-5,10H2;1H. The molecule has 0 aliphatic heterocycles. The molecule has 0 unspecified atom stereocenters. The highest BCUT2D eigenvalue weighted by Gasteiger charge is 1.92. The molecule has 0 saturated heterocycles. The molecule has 3 heteroatoms. The van der Waals surface area contributed by atoms with Crippen molar-refractivity contribution in [2.45, 2.75) is 6.42 Å². The number of halogens is 1. The van der Waals surface area contributed by atoms with E-state index in [-0.39, 0.29) is 12.4 Å². The van der Waals surface area contributed by atoms with Crippen LogP contribution in [0.15, 0.2) is 24.3 Å². The third-order valence-corrected chi connectivity index (χ3v) is 1.49. The van der Waals surface area contributed by atoms with Gasteiger partial charge in [-0.25, -0.2) is 0 Å². The van der Waals surface area contributed by atoms with Crippen molar-refractivity contribution in [3.8, 4) is 6.07 Å². The summed E-state index contributed by atoms with van der Waals surface area (Å²) in [4.78, 5) is 0. The number of hydrogen-bond acceptors (Lipinski definition) is 2. The molecule has 0 aliphatic rings. The third kappa shape index (κ3) is 2.91. The normalized spacial score (nSPS) is 8.33. The molecule has 2 nitrogen and oxygen atoms in total. The fraction of sp³-hybridized carbons (Fsp3) is 0.222. The van der Waals surface area contributed by atoms with Crippen LogP contribution >= 0.6 is 12.4 Å². The van der Waals surface area contributed by atoms with E-state index in [0.29, 0.717) is 12.1 Å². The lowest BCUT2D eigenvalue weighted by molar-refractivity contribution is 0.968. The molecule has 0 heterocycles. The molecule has 0 atom stereocenters. The molecule has 64 valence electrons. The Kier molecular flexibility index (Phi) is 5.11. The number of nitriles is 1. The summed E-state index contributed by atoms with van der Waals surface area (Å²) < 4.78 is 0. The molecule has 0 bridgehead atoms. The Balaban J connectivity index is 0.00000121. The molecule has 1 aromatic rings. The highest BCUT2D eigenvalue weighted by atomic mass is 35.5. The summed E-state index contributed by atoms with van der Waals surface area (Å²) in [6.07, 6.45) is 0.843. The van der Waals surface area contributed by atoms with E-state index in [1.807, 2.05) is 18.2 Å². The minimum Gasteiger partial charge on any atom is -0.330 e. The molecular formula is C9H11ClN2. The van der Waals surface area contributed by atoms with E-state index < -0.39 is 0 Å². The molecule has 0 amide bonds. The van der Waals surface area contributed by atoms with Crippen molar-refractivity contribution in [1.29, 1.82) is 5.26 Å². The first-order valence-corrected chi connectivity index (χ1v) is 3.56. The Hall–Kier alpha value is -1.04. The molecule has 0 spiro atoms. The van der Waals surface area contributed by atoms with Gasteiger partial charge in [0, 0.05) is 0 Å². The van der Waals surface area contributed by atoms with Gasteiger partial charge in [-0.3, -0.25) is 0 Å². The maximum atomic E-state index is 8.55. The molecule has 0 fully saturated rings. The predicted molar refractivity (Wildman–Crippen MR) is 51.2 cm³/mol. The second-order valence-corrected chi connectivity index (χ2v) is 2.35. The molecular weight excluding hydrogens is 172 g/mol. The van der Waals surface area contributed by atoms with Crippen LogP contribution in [0.4, 0.5) is 0 Å². The van der Waals surface area contributed by atoms with Gasteiger partial charge in [0.15, 0.2) is 0 Å². The zero-order valence-corrected chi connectivity index (χ0v) is 7.47. The van der Waals surface area contributed by atoms with Crippen LogP contribution in [-0.2, 0) is 6.42 Å². The van der Waals surface area contributed by atoms with E-state index in [0.717, 1.165) is 12.0 Å². The fourth-order valence-electron chi connectivity index (χ4n) is 0.963. The van der Waals surface area contributed by atoms with Crippen LogP contribution in [0.5, 0.6) is 0 Å². The summed E-state index contributed by atoms with van der Waals surface area (Å²) in [5.41, 5.74) is 7.20. The van der Waals surface area contributed by atoms with Crippen LogP contribution < -0.4 is 5.73 Å². The number of rotatable bonds is 2. The van der Waals surface area contributed by atoms with Crippen molar-refractivity contribution in [3.63, 3.8) is 0 Å². The first-order chi connectivity index (χ1) is 5.36. The van der Waals surface area contributed by atoms with Gasteiger partial charge in [0.05, 0.1) is 11.6 Å². The monoisotopic (exact) mass is 182 g/mol. The summed E-state index contributed by atoms with van der Waals surface area (Å²) in [5.74, 6) is 0.